The smallest absolute Gasteiger partial charge is 0.131 e. The highest BCUT2D eigenvalue weighted by molar-refractivity contribution is 5.51. The third-order valence-corrected chi connectivity index (χ3v) is 4.06. The second-order valence-corrected chi connectivity index (χ2v) is 5.26. The molecule has 3 rings (SSSR count). The van der Waals surface area contributed by atoms with E-state index in [0.717, 1.165) is 16.9 Å². The molecule has 1 aliphatic heterocycles. The fourth-order valence-electron chi connectivity index (χ4n) is 2.74. The van der Waals surface area contributed by atoms with Gasteiger partial charge in [-0.05, 0) is 36.8 Å². The van der Waals surface area contributed by atoms with Crippen LogP contribution in [-0.4, -0.2) is 23.9 Å². The molecule has 0 radical (unpaired) electrons. The van der Waals surface area contributed by atoms with Crippen molar-refractivity contribution >= 4 is 0 Å². The average Bonchev–Trinajstić information content (AvgIpc) is 2.52. The van der Waals surface area contributed by atoms with E-state index in [2.05, 4.69) is 0 Å². The van der Waals surface area contributed by atoms with Gasteiger partial charge in [-0.2, -0.15) is 0 Å². The lowest BCUT2D eigenvalue weighted by Gasteiger charge is -2.31. The number of aromatic hydroxyl groups is 1. The number of hydrogen-bond donors (Lipinski definition) is 2. The topological polar surface area (TPSA) is 58.9 Å². The van der Waals surface area contributed by atoms with Gasteiger partial charge in [0.05, 0.1) is 19.8 Å². The van der Waals surface area contributed by atoms with Crippen molar-refractivity contribution in [2.24, 2.45) is 0 Å². The molecule has 1 heterocycles. The lowest BCUT2D eigenvalue weighted by Crippen LogP contribution is -2.24. The summed E-state index contributed by atoms with van der Waals surface area (Å²) in [7, 11) is 1.62. The number of ether oxygens (including phenoxy) is 2. The first-order valence-electron chi connectivity index (χ1n) is 6.89. The van der Waals surface area contributed by atoms with Gasteiger partial charge in [-0.1, -0.05) is 12.1 Å². The number of phenolic OH excluding ortho intramolecular Hbond substituents is 1. The lowest BCUT2D eigenvalue weighted by atomic mass is 9.86. The fraction of sp³-hybridized carbons (Fsp3) is 0.294. The SMILES string of the molecule is COc1ccc(C2COc3c(ccc(O)c3C)C2O)cc1. The zero-order valence-corrected chi connectivity index (χ0v) is 12.0. The summed E-state index contributed by atoms with van der Waals surface area (Å²) in [6.45, 7) is 2.17. The third kappa shape index (κ3) is 2.32. The number of rotatable bonds is 2. The van der Waals surface area contributed by atoms with Crippen molar-refractivity contribution in [3.63, 3.8) is 0 Å². The summed E-state index contributed by atoms with van der Waals surface area (Å²) in [5.41, 5.74) is 2.39. The van der Waals surface area contributed by atoms with E-state index >= 15 is 0 Å². The van der Waals surface area contributed by atoms with E-state index in [-0.39, 0.29) is 11.7 Å². The van der Waals surface area contributed by atoms with E-state index < -0.39 is 6.10 Å². The van der Waals surface area contributed by atoms with Crippen LogP contribution in [0.3, 0.4) is 0 Å². The molecule has 1 aliphatic rings. The molecule has 110 valence electrons. The van der Waals surface area contributed by atoms with Crippen LogP contribution in [0.4, 0.5) is 0 Å². The van der Waals surface area contributed by atoms with Gasteiger partial charge in [0.2, 0.25) is 0 Å². The van der Waals surface area contributed by atoms with Crippen molar-refractivity contribution in [2.45, 2.75) is 18.9 Å². The Balaban J connectivity index is 1.94. The molecule has 0 aromatic heterocycles. The van der Waals surface area contributed by atoms with E-state index in [0.29, 0.717) is 17.9 Å². The second-order valence-electron chi connectivity index (χ2n) is 5.26. The molecule has 0 fully saturated rings. The molecular weight excluding hydrogens is 268 g/mol. The molecule has 0 amide bonds. The average molecular weight is 286 g/mol. The van der Waals surface area contributed by atoms with Crippen molar-refractivity contribution in [1.29, 1.82) is 0 Å². The molecule has 2 unspecified atom stereocenters. The summed E-state index contributed by atoms with van der Waals surface area (Å²) < 4.78 is 10.9. The molecule has 0 aliphatic carbocycles. The Labute approximate surface area is 123 Å². The molecule has 21 heavy (non-hydrogen) atoms. The fourth-order valence-corrected chi connectivity index (χ4v) is 2.74. The predicted octanol–water partition coefficient (Wildman–Crippen LogP) is 2.92. The monoisotopic (exact) mass is 286 g/mol. The quantitative estimate of drug-likeness (QED) is 0.891. The van der Waals surface area contributed by atoms with E-state index in [1.165, 1.54) is 0 Å². The Bertz CT molecular complexity index is 649. The molecular formula is C17H18O4. The Morgan fingerprint density at radius 2 is 1.86 bits per heavy atom. The molecule has 0 bridgehead atoms. The van der Waals surface area contributed by atoms with Crippen LogP contribution in [0.15, 0.2) is 36.4 Å². The minimum Gasteiger partial charge on any atom is -0.508 e. The van der Waals surface area contributed by atoms with Gasteiger partial charge in [-0.25, -0.2) is 0 Å². The van der Waals surface area contributed by atoms with Crippen LogP contribution in [0.25, 0.3) is 0 Å². The highest BCUT2D eigenvalue weighted by atomic mass is 16.5. The first kappa shape index (κ1) is 13.8. The largest absolute Gasteiger partial charge is 0.508 e. The zero-order chi connectivity index (χ0) is 15.0. The van der Waals surface area contributed by atoms with E-state index in [1.54, 1.807) is 26.2 Å². The molecule has 2 aromatic carbocycles. The molecule has 0 saturated carbocycles. The van der Waals surface area contributed by atoms with Crippen molar-refractivity contribution < 1.29 is 19.7 Å². The molecule has 4 nitrogen and oxygen atoms in total. The molecule has 0 saturated heterocycles. The van der Waals surface area contributed by atoms with Gasteiger partial charge >= 0.3 is 0 Å². The molecule has 0 spiro atoms. The Kier molecular flexibility index (Phi) is 3.47. The predicted molar refractivity (Wildman–Crippen MR) is 79.0 cm³/mol. The standard InChI is InChI=1S/C17H18O4/c1-10-15(18)8-7-13-16(19)14(9-21-17(10)13)11-3-5-12(20-2)6-4-11/h3-8,14,16,18-19H,9H2,1-2H3. The van der Waals surface area contributed by atoms with Crippen molar-refractivity contribution in [1.82, 2.24) is 0 Å². The highest BCUT2D eigenvalue weighted by Crippen LogP contribution is 2.44. The van der Waals surface area contributed by atoms with Gasteiger partial charge in [0, 0.05) is 17.0 Å². The van der Waals surface area contributed by atoms with Gasteiger partial charge in [0.1, 0.15) is 17.2 Å². The number of aliphatic hydroxyl groups excluding tert-OH is 1. The third-order valence-electron chi connectivity index (χ3n) is 4.06. The maximum absolute atomic E-state index is 10.6. The van der Waals surface area contributed by atoms with Crippen molar-refractivity contribution in [2.75, 3.05) is 13.7 Å². The maximum atomic E-state index is 10.6. The highest BCUT2D eigenvalue weighted by Gasteiger charge is 2.32. The molecule has 2 aromatic rings. The summed E-state index contributed by atoms with van der Waals surface area (Å²) in [6.07, 6.45) is -0.651. The molecule has 2 N–H and O–H groups in total. The van der Waals surface area contributed by atoms with Crippen LogP contribution in [0, 0.1) is 6.92 Å². The molecule has 2 atom stereocenters. The van der Waals surface area contributed by atoms with Gasteiger partial charge < -0.3 is 19.7 Å². The minimum atomic E-state index is -0.651. The lowest BCUT2D eigenvalue weighted by molar-refractivity contribution is 0.0882. The summed E-state index contributed by atoms with van der Waals surface area (Å²) in [6, 6.07) is 10.9. The number of fused-ring (bicyclic) bond motifs is 1. The van der Waals surface area contributed by atoms with Crippen LogP contribution in [0.1, 0.15) is 28.7 Å². The van der Waals surface area contributed by atoms with Crippen LogP contribution in [0.5, 0.6) is 17.2 Å². The van der Waals surface area contributed by atoms with Crippen LogP contribution in [-0.2, 0) is 0 Å². The number of methoxy groups -OCH3 is 1. The zero-order valence-electron chi connectivity index (χ0n) is 12.0. The van der Waals surface area contributed by atoms with Crippen LogP contribution < -0.4 is 9.47 Å². The van der Waals surface area contributed by atoms with Gasteiger partial charge in [0.15, 0.2) is 0 Å². The molecule has 4 heteroatoms. The Hall–Kier alpha value is -2.20. The number of aliphatic hydroxyl groups is 1. The summed E-state index contributed by atoms with van der Waals surface area (Å²) in [5.74, 6) is 1.43. The van der Waals surface area contributed by atoms with Crippen molar-refractivity contribution in [3.8, 4) is 17.2 Å². The minimum absolute atomic E-state index is 0.132. The van der Waals surface area contributed by atoms with Gasteiger partial charge in [-0.3, -0.25) is 0 Å². The van der Waals surface area contributed by atoms with Crippen LogP contribution in [0.2, 0.25) is 0 Å². The summed E-state index contributed by atoms with van der Waals surface area (Å²) >= 11 is 0. The van der Waals surface area contributed by atoms with Gasteiger partial charge in [0.25, 0.3) is 0 Å². The van der Waals surface area contributed by atoms with E-state index in [9.17, 15) is 10.2 Å². The first-order chi connectivity index (χ1) is 10.1. The second kappa shape index (κ2) is 5.30. The normalized spacial score (nSPS) is 20.5. The van der Waals surface area contributed by atoms with Crippen LogP contribution >= 0.6 is 0 Å². The number of phenols is 1. The summed E-state index contributed by atoms with van der Waals surface area (Å²) in [5, 5.41) is 20.4. The Morgan fingerprint density at radius 3 is 2.52 bits per heavy atom. The van der Waals surface area contributed by atoms with E-state index in [1.807, 2.05) is 24.3 Å². The summed E-state index contributed by atoms with van der Waals surface area (Å²) in [4.78, 5) is 0. The van der Waals surface area contributed by atoms with E-state index in [4.69, 9.17) is 9.47 Å². The first-order valence-corrected chi connectivity index (χ1v) is 6.89. The number of benzene rings is 2. The number of hydrogen-bond acceptors (Lipinski definition) is 4. The maximum Gasteiger partial charge on any atom is 0.131 e. The Morgan fingerprint density at radius 1 is 1.14 bits per heavy atom. The van der Waals surface area contributed by atoms with Gasteiger partial charge in [-0.15, -0.1) is 0 Å². The van der Waals surface area contributed by atoms with Crippen molar-refractivity contribution in [3.05, 3.63) is 53.1 Å².